The van der Waals surface area contributed by atoms with Crippen LogP contribution in [-0.2, 0) is 6.18 Å². The van der Waals surface area contributed by atoms with Gasteiger partial charge in [0.25, 0.3) is 5.69 Å². The maximum Gasteiger partial charge on any atom is 0.423 e. The summed E-state index contributed by atoms with van der Waals surface area (Å²) in [4.78, 5) is 19.2. The summed E-state index contributed by atoms with van der Waals surface area (Å²) in [7, 11) is 0. The van der Waals surface area contributed by atoms with E-state index >= 15 is 0 Å². The Hall–Kier alpha value is -2.39. The lowest BCUT2D eigenvalue weighted by atomic mass is 10.1. The summed E-state index contributed by atoms with van der Waals surface area (Å²) < 4.78 is 38.0. The zero-order chi connectivity index (χ0) is 14.8. The van der Waals surface area contributed by atoms with Crippen molar-refractivity contribution in [3.8, 4) is 0 Å². The van der Waals surface area contributed by atoms with Crippen molar-refractivity contribution in [3.63, 3.8) is 0 Å². The van der Waals surface area contributed by atoms with Crippen LogP contribution in [-0.4, -0.2) is 16.4 Å². The van der Waals surface area contributed by atoms with Gasteiger partial charge in [-0.3, -0.25) is 20.2 Å². The van der Waals surface area contributed by atoms with E-state index in [-0.39, 0.29) is 6.54 Å². The number of benzene rings is 1. The highest BCUT2D eigenvalue weighted by atomic mass is 19.4. The van der Waals surface area contributed by atoms with Crippen LogP contribution in [0.1, 0.15) is 12.5 Å². The SMILES string of the molecule is CCNc1c([N+](=O)[O-])ccc(C(F)(F)F)c1[N+](=O)[O-]. The van der Waals surface area contributed by atoms with Crippen LogP contribution in [0.5, 0.6) is 0 Å². The van der Waals surface area contributed by atoms with Gasteiger partial charge in [0.15, 0.2) is 5.69 Å². The third kappa shape index (κ3) is 2.89. The number of halogens is 3. The minimum absolute atomic E-state index is 0.00297. The largest absolute Gasteiger partial charge is 0.423 e. The Morgan fingerprint density at radius 3 is 2.16 bits per heavy atom. The van der Waals surface area contributed by atoms with Gasteiger partial charge >= 0.3 is 11.9 Å². The highest BCUT2D eigenvalue weighted by Gasteiger charge is 2.42. The molecule has 1 aromatic rings. The molecule has 0 spiro atoms. The topological polar surface area (TPSA) is 98.3 Å². The van der Waals surface area contributed by atoms with E-state index in [1.54, 1.807) is 0 Å². The Morgan fingerprint density at radius 1 is 1.21 bits per heavy atom. The van der Waals surface area contributed by atoms with Gasteiger partial charge < -0.3 is 5.32 Å². The maximum absolute atomic E-state index is 12.7. The first kappa shape index (κ1) is 14.7. The van der Waals surface area contributed by atoms with Crippen molar-refractivity contribution in [3.05, 3.63) is 37.9 Å². The number of rotatable bonds is 4. The van der Waals surface area contributed by atoms with E-state index in [1.165, 1.54) is 6.92 Å². The van der Waals surface area contributed by atoms with Gasteiger partial charge in [-0.1, -0.05) is 0 Å². The zero-order valence-corrected chi connectivity index (χ0v) is 9.52. The molecule has 0 amide bonds. The van der Waals surface area contributed by atoms with E-state index in [0.717, 1.165) is 0 Å². The fourth-order valence-electron chi connectivity index (χ4n) is 1.50. The van der Waals surface area contributed by atoms with Crippen molar-refractivity contribution in [2.75, 3.05) is 11.9 Å². The fraction of sp³-hybridized carbons (Fsp3) is 0.333. The van der Waals surface area contributed by atoms with Crippen LogP contribution in [0.25, 0.3) is 0 Å². The molecule has 1 rings (SSSR count). The molecule has 0 heterocycles. The summed E-state index contributed by atoms with van der Waals surface area (Å²) >= 11 is 0. The average Bonchev–Trinajstić information content (AvgIpc) is 2.26. The predicted octanol–water partition coefficient (Wildman–Crippen LogP) is 2.95. The molecule has 1 aromatic carbocycles. The van der Waals surface area contributed by atoms with Gasteiger partial charge in [0, 0.05) is 12.6 Å². The molecule has 0 unspecified atom stereocenters. The standard InChI is InChI=1S/C9H8F3N3O4/c1-2-13-7-6(14(16)17)4-3-5(9(10,11)12)8(7)15(18)19/h3-4,13H,2H2,1H3. The second kappa shape index (κ2) is 5.08. The molecule has 0 fully saturated rings. The number of hydrogen-bond acceptors (Lipinski definition) is 5. The molecule has 7 nitrogen and oxygen atoms in total. The van der Waals surface area contributed by atoms with Crippen LogP contribution >= 0.6 is 0 Å². The fourth-order valence-corrected chi connectivity index (χ4v) is 1.50. The van der Waals surface area contributed by atoms with Crippen molar-refractivity contribution < 1.29 is 23.0 Å². The van der Waals surface area contributed by atoms with Gasteiger partial charge in [-0.15, -0.1) is 0 Å². The minimum Gasteiger partial charge on any atom is -0.374 e. The molecule has 0 atom stereocenters. The Balaban J connectivity index is 3.68. The predicted molar refractivity (Wildman–Crippen MR) is 58.9 cm³/mol. The van der Waals surface area contributed by atoms with Crippen molar-refractivity contribution in [1.29, 1.82) is 0 Å². The summed E-state index contributed by atoms with van der Waals surface area (Å²) in [5.74, 6) is 0. The highest BCUT2D eigenvalue weighted by molar-refractivity contribution is 5.76. The molecule has 0 radical (unpaired) electrons. The van der Waals surface area contributed by atoms with E-state index in [9.17, 15) is 33.4 Å². The molecule has 0 aliphatic rings. The molecular formula is C9H8F3N3O4. The van der Waals surface area contributed by atoms with Gasteiger partial charge in [0.2, 0.25) is 0 Å². The summed E-state index contributed by atoms with van der Waals surface area (Å²) in [5, 5.41) is 23.7. The van der Waals surface area contributed by atoms with Gasteiger partial charge in [0.05, 0.1) is 9.85 Å². The van der Waals surface area contributed by atoms with Crippen LogP contribution in [0.4, 0.5) is 30.2 Å². The van der Waals surface area contributed by atoms with Gasteiger partial charge in [-0.05, 0) is 13.0 Å². The summed E-state index contributed by atoms with van der Waals surface area (Å²) in [5.41, 5.74) is -4.39. The van der Waals surface area contributed by atoms with Crippen LogP contribution < -0.4 is 5.32 Å². The number of alkyl halides is 3. The number of nitrogens with one attached hydrogen (secondary N) is 1. The summed E-state index contributed by atoms with van der Waals surface area (Å²) in [6.45, 7) is 1.46. The Bertz CT molecular complexity index is 530. The number of nitrogens with zero attached hydrogens (tertiary/aromatic N) is 2. The normalized spacial score (nSPS) is 11.2. The molecule has 0 saturated carbocycles. The molecule has 0 aliphatic carbocycles. The molecule has 0 bridgehead atoms. The summed E-state index contributed by atoms with van der Waals surface area (Å²) in [6, 6.07) is 0.922. The van der Waals surface area contributed by atoms with Crippen LogP contribution in [0.2, 0.25) is 0 Å². The van der Waals surface area contributed by atoms with Gasteiger partial charge in [0.1, 0.15) is 5.56 Å². The number of hydrogen-bond donors (Lipinski definition) is 1. The van der Waals surface area contributed by atoms with E-state index < -0.39 is 38.6 Å². The molecule has 0 aromatic heterocycles. The first-order chi connectivity index (χ1) is 8.70. The molecule has 10 heteroatoms. The zero-order valence-electron chi connectivity index (χ0n) is 9.52. The molecule has 19 heavy (non-hydrogen) atoms. The molecule has 0 aliphatic heterocycles. The minimum atomic E-state index is -4.97. The Labute approximate surface area is 104 Å². The highest BCUT2D eigenvalue weighted by Crippen LogP contribution is 2.44. The van der Waals surface area contributed by atoms with Gasteiger partial charge in [-0.25, -0.2) is 0 Å². The number of nitro groups is 2. The number of nitro benzene ring substituents is 2. The van der Waals surface area contributed by atoms with Crippen molar-refractivity contribution in [2.45, 2.75) is 13.1 Å². The first-order valence-electron chi connectivity index (χ1n) is 4.97. The monoisotopic (exact) mass is 279 g/mol. The Kier molecular flexibility index (Phi) is 3.92. The maximum atomic E-state index is 12.7. The second-order valence-electron chi connectivity index (χ2n) is 3.40. The van der Waals surface area contributed by atoms with Crippen LogP contribution in [0.15, 0.2) is 12.1 Å². The van der Waals surface area contributed by atoms with Crippen LogP contribution in [0, 0.1) is 20.2 Å². The lowest BCUT2D eigenvalue weighted by Crippen LogP contribution is -2.13. The van der Waals surface area contributed by atoms with Crippen molar-refractivity contribution in [1.82, 2.24) is 0 Å². The van der Waals surface area contributed by atoms with E-state index in [0.29, 0.717) is 12.1 Å². The van der Waals surface area contributed by atoms with Crippen molar-refractivity contribution in [2.24, 2.45) is 0 Å². The van der Waals surface area contributed by atoms with Gasteiger partial charge in [-0.2, -0.15) is 13.2 Å². The third-order valence-electron chi connectivity index (χ3n) is 2.19. The molecular weight excluding hydrogens is 271 g/mol. The smallest absolute Gasteiger partial charge is 0.374 e. The average molecular weight is 279 g/mol. The van der Waals surface area contributed by atoms with E-state index in [1.807, 2.05) is 0 Å². The quantitative estimate of drug-likeness (QED) is 0.674. The van der Waals surface area contributed by atoms with Crippen molar-refractivity contribution >= 4 is 17.1 Å². The van der Waals surface area contributed by atoms with E-state index in [4.69, 9.17) is 0 Å². The van der Waals surface area contributed by atoms with Crippen LogP contribution in [0.3, 0.4) is 0 Å². The lowest BCUT2D eigenvalue weighted by Gasteiger charge is -2.11. The first-order valence-corrected chi connectivity index (χ1v) is 4.97. The molecule has 1 N–H and O–H groups in total. The molecule has 104 valence electrons. The Morgan fingerprint density at radius 2 is 1.79 bits per heavy atom. The summed E-state index contributed by atoms with van der Waals surface area (Å²) in [6.07, 6.45) is -4.97. The third-order valence-corrected chi connectivity index (χ3v) is 2.19. The van der Waals surface area contributed by atoms with E-state index in [2.05, 4.69) is 5.32 Å². The lowest BCUT2D eigenvalue weighted by molar-refractivity contribution is -0.394. The second-order valence-corrected chi connectivity index (χ2v) is 3.40. The molecule has 0 saturated heterocycles. The number of anilines is 1.